The summed E-state index contributed by atoms with van der Waals surface area (Å²) in [5.74, 6) is 1.33. The average molecular weight is 443 g/mol. The molecule has 0 bridgehead atoms. The second-order valence-electron chi connectivity index (χ2n) is 5.85. The topological polar surface area (TPSA) is 71.1 Å². The van der Waals surface area contributed by atoms with Gasteiger partial charge in [-0.15, -0.1) is 25.3 Å². The van der Waals surface area contributed by atoms with Crippen molar-refractivity contribution in [1.82, 2.24) is 0 Å². The molecule has 0 heterocycles. The molecule has 0 fully saturated rings. The quantitative estimate of drug-likeness (QED) is 0.229. The van der Waals surface area contributed by atoms with E-state index in [2.05, 4.69) is 25.3 Å². The number of esters is 2. The van der Waals surface area contributed by atoms with Crippen LogP contribution in [0.2, 0.25) is 0 Å². The number of carbonyl (C=O) groups excluding carboxylic acids is 2. The normalized spacial score (nSPS) is 10.2. The molecule has 0 saturated carbocycles. The predicted molar refractivity (Wildman–Crippen MR) is 118 cm³/mol. The third-order valence-electron chi connectivity index (χ3n) is 3.89. The van der Waals surface area contributed by atoms with Gasteiger partial charge in [0.05, 0.1) is 11.1 Å². The van der Waals surface area contributed by atoms with E-state index in [1.165, 1.54) is 0 Å². The molecule has 0 unspecified atom stereocenters. The molecule has 0 aliphatic carbocycles. The average Bonchev–Trinajstić information content (AvgIpc) is 2.76. The summed E-state index contributed by atoms with van der Waals surface area (Å²) in [6.07, 6.45) is 0. The third kappa shape index (κ3) is 5.95. The first-order valence-corrected chi connectivity index (χ1v) is 10.1. The second-order valence-corrected chi connectivity index (χ2v) is 6.36. The maximum Gasteiger partial charge on any atom is 0.343 e. The van der Waals surface area contributed by atoms with Crippen molar-refractivity contribution in [3.63, 3.8) is 0 Å². The van der Waals surface area contributed by atoms with Crippen LogP contribution < -0.4 is 18.9 Å². The first-order valence-electron chi connectivity index (χ1n) is 8.81. The molecule has 3 rings (SSSR count). The van der Waals surface area contributed by atoms with Crippen molar-refractivity contribution < 1.29 is 28.5 Å². The van der Waals surface area contributed by atoms with E-state index in [1.807, 2.05) is 0 Å². The summed E-state index contributed by atoms with van der Waals surface area (Å²) in [5.41, 5.74) is 0.754. The fraction of sp³-hybridized carbons (Fsp3) is 0.0909. The number of hydrogen-bond acceptors (Lipinski definition) is 8. The standard InChI is InChI=1S/C22H18O6S2/c23-21(15-1-5-17(6-2-15)25-13-29)27-19-9-11-20(12-10-19)28-22(24)16-3-7-18(8-4-16)26-14-30/h1-12,29-30H,13-14H2. The van der Waals surface area contributed by atoms with Crippen LogP contribution in [0, 0.1) is 0 Å². The van der Waals surface area contributed by atoms with E-state index in [4.69, 9.17) is 18.9 Å². The molecule has 6 nitrogen and oxygen atoms in total. The van der Waals surface area contributed by atoms with Gasteiger partial charge in [-0.1, -0.05) is 0 Å². The van der Waals surface area contributed by atoms with Gasteiger partial charge in [-0.05, 0) is 72.8 Å². The number of hydrogen-bond donors (Lipinski definition) is 2. The van der Waals surface area contributed by atoms with E-state index in [0.717, 1.165) is 0 Å². The lowest BCUT2D eigenvalue weighted by molar-refractivity contribution is 0.0719. The fourth-order valence-electron chi connectivity index (χ4n) is 2.43. The van der Waals surface area contributed by atoms with Gasteiger partial charge in [0.15, 0.2) is 0 Å². The van der Waals surface area contributed by atoms with Crippen molar-refractivity contribution in [3.05, 3.63) is 83.9 Å². The number of ether oxygens (including phenoxy) is 4. The zero-order chi connectivity index (χ0) is 21.3. The SMILES string of the molecule is O=C(Oc1ccc(OC(=O)c2ccc(OCS)cc2)cc1)c1ccc(OCS)cc1. The van der Waals surface area contributed by atoms with Crippen LogP contribution in [0.4, 0.5) is 0 Å². The van der Waals surface area contributed by atoms with Gasteiger partial charge in [-0.3, -0.25) is 0 Å². The van der Waals surface area contributed by atoms with Crippen molar-refractivity contribution in [2.24, 2.45) is 0 Å². The molecular weight excluding hydrogens is 424 g/mol. The van der Waals surface area contributed by atoms with Gasteiger partial charge in [0, 0.05) is 0 Å². The molecule has 0 amide bonds. The molecule has 0 atom stereocenters. The van der Waals surface area contributed by atoms with Gasteiger partial charge in [0.2, 0.25) is 0 Å². The molecule has 0 saturated heterocycles. The number of benzene rings is 3. The lowest BCUT2D eigenvalue weighted by Gasteiger charge is -2.08. The molecule has 8 heteroatoms. The molecule has 0 aliphatic rings. The number of thiol groups is 2. The largest absolute Gasteiger partial charge is 0.483 e. The Morgan fingerprint density at radius 1 is 0.533 bits per heavy atom. The Morgan fingerprint density at radius 2 is 0.833 bits per heavy atom. The van der Waals surface area contributed by atoms with E-state index in [9.17, 15) is 9.59 Å². The van der Waals surface area contributed by atoms with Crippen molar-refractivity contribution in [2.45, 2.75) is 0 Å². The summed E-state index contributed by atoms with van der Waals surface area (Å²) in [6, 6.07) is 19.2. The second kappa shape index (κ2) is 10.6. The summed E-state index contributed by atoms with van der Waals surface area (Å²) in [7, 11) is 0. The zero-order valence-corrected chi connectivity index (χ0v) is 17.5. The minimum atomic E-state index is -0.513. The van der Waals surface area contributed by atoms with Crippen molar-refractivity contribution in [3.8, 4) is 23.0 Å². The molecule has 0 radical (unpaired) electrons. The molecular formula is C22H18O6S2. The minimum absolute atomic E-state index is 0.247. The lowest BCUT2D eigenvalue weighted by atomic mass is 10.2. The molecule has 0 aliphatic heterocycles. The highest BCUT2D eigenvalue weighted by Gasteiger charge is 2.11. The zero-order valence-electron chi connectivity index (χ0n) is 15.7. The third-order valence-corrected chi connectivity index (χ3v) is 4.15. The van der Waals surface area contributed by atoms with Gasteiger partial charge in [0.25, 0.3) is 0 Å². The molecule has 0 N–H and O–H groups in total. The van der Waals surface area contributed by atoms with E-state index in [1.54, 1.807) is 72.8 Å². The summed E-state index contributed by atoms with van der Waals surface area (Å²) in [6.45, 7) is 0. The highest BCUT2D eigenvalue weighted by molar-refractivity contribution is 7.80. The fourth-order valence-corrected chi connectivity index (χ4v) is 2.73. The Bertz CT molecular complexity index is 903. The summed E-state index contributed by atoms with van der Waals surface area (Å²) < 4.78 is 21.1. The van der Waals surface area contributed by atoms with Crippen molar-refractivity contribution >= 4 is 37.2 Å². The molecule has 30 heavy (non-hydrogen) atoms. The Morgan fingerprint density at radius 3 is 1.13 bits per heavy atom. The maximum absolute atomic E-state index is 12.2. The van der Waals surface area contributed by atoms with Crippen LogP contribution in [0.25, 0.3) is 0 Å². The van der Waals surface area contributed by atoms with Crippen LogP contribution >= 0.6 is 25.3 Å². The van der Waals surface area contributed by atoms with Gasteiger partial charge in [-0.2, -0.15) is 0 Å². The molecule has 3 aromatic rings. The van der Waals surface area contributed by atoms with Crippen LogP contribution in [0.15, 0.2) is 72.8 Å². The van der Waals surface area contributed by atoms with E-state index in [0.29, 0.717) is 34.1 Å². The molecule has 154 valence electrons. The van der Waals surface area contributed by atoms with E-state index >= 15 is 0 Å². The van der Waals surface area contributed by atoms with Gasteiger partial charge >= 0.3 is 11.9 Å². The first-order chi connectivity index (χ1) is 14.6. The Balaban J connectivity index is 1.57. The molecule has 0 aromatic heterocycles. The summed E-state index contributed by atoms with van der Waals surface area (Å²) in [4.78, 5) is 24.5. The Labute approximate surface area is 184 Å². The number of carbonyl (C=O) groups is 2. The van der Waals surface area contributed by atoms with Gasteiger partial charge in [0.1, 0.15) is 34.9 Å². The van der Waals surface area contributed by atoms with Crippen LogP contribution in [0.3, 0.4) is 0 Å². The van der Waals surface area contributed by atoms with E-state index < -0.39 is 11.9 Å². The van der Waals surface area contributed by atoms with Crippen LogP contribution in [0.1, 0.15) is 20.7 Å². The lowest BCUT2D eigenvalue weighted by Crippen LogP contribution is -2.09. The maximum atomic E-state index is 12.2. The van der Waals surface area contributed by atoms with Gasteiger partial charge in [-0.25, -0.2) is 9.59 Å². The molecule has 3 aromatic carbocycles. The monoisotopic (exact) mass is 442 g/mol. The Hall–Kier alpha value is -3.10. The summed E-state index contributed by atoms with van der Waals surface area (Å²) >= 11 is 7.95. The molecule has 0 spiro atoms. The predicted octanol–water partition coefficient (Wildman–Crippen LogP) is 4.66. The van der Waals surface area contributed by atoms with E-state index in [-0.39, 0.29) is 11.9 Å². The smallest absolute Gasteiger partial charge is 0.343 e. The minimum Gasteiger partial charge on any atom is -0.483 e. The summed E-state index contributed by atoms with van der Waals surface area (Å²) in [5, 5.41) is 0. The van der Waals surface area contributed by atoms with Crippen LogP contribution in [-0.4, -0.2) is 23.8 Å². The Kier molecular flexibility index (Phi) is 7.64. The van der Waals surface area contributed by atoms with Crippen molar-refractivity contribution in [2.75, 3.05) is 11.9 Å². The first kappa shape index (κ1) is 21.6. The highest BCUT2D eigenvalue weighted by Crippen LogP contribution is 2.21. The van der Waals surface area contributed by atoms with Crippen LogP contribution in [-0.2, 0) is 0 Å². The van der Waals surface area contributed by atoms with Crippen molar-refractivity contribution in [1.29, 1.82) is 0 Å². The number of rotatable bonds is 8. The van der Waals surface area contributed by atoms with Gasteiger partial charge < -0.3 is 18.9 Å². The van der Waals surface area contributed by atoms with Crippen LogP contribution in [0.5, 0.6) is 23.0 Å². The highest BCUT2D eigenvalue weighted by atomic mass is 32.1.